The summed E-state index contributed by atoms with van der Waals surface area (Å²) in [6.45, 7) is 2.43. The highest BCUT2D eigenvalue weighted by Crippen LogP contribution is 2.22. The van der Waals surface area contributed by atoms with Crippen LogP contribution in [0.1, 0.15) is 40.7 Å². The molecule has 2 N–H and O–H groups in total. The smallest absolute Gasteiger partial charge is 0.338 e. The third kappa shape index (κ3) is 7.02. The molecule has 3 aromatic rings. The van der Waals surface area contributed by atoms with Gasteiger partial charge in [0.05, 0.1) is 24.2 Å². The van der Waals surface area contributed by atoms with Crippen molar-refractivity contribution in [3.63, 3.8) is 0 Å². The molecule has 7 nitrogen and oxygen atoms in total. The molecule has 2 amide bonds. The van der Waals surface area contributed by atoms with Crippen LogP contribution in [0.4, 0.5) is 11.4 Å². The van der Waals surface area contributed by atoms with E-state index < -0.39 is 0 Å². The van der Waals surface area contributed by atoms with Crippen LogP contribution in [0, 0.1) is 0 Å². The zero-order valence-electron chi connectivity index (χ0n) is 17.6. The van der Waals surface area contributed by atoms with Gasteiger partial charge in [-0.05, 0) is 61.0 Å². The van der Waals surface area contributed by atoms with Crippen molar-refractivity contribution in [2.45, 2.75) is 24.7 Å². The van der Waals surface area contributed by atoms with E-state index >= 15 is 0 Å². The fourth-order valence-corrected chi connectivity index (χ4v) is 3.45. The summed E-state index contributed by atoms with van der Waals surface area (Å²) in [6, 6.07) is 17.0. The average Bonchev–Trinajstić information content (AvgIpc) is 3.34. The summed E-state index contributed by atoms with van der Waals surface area (Å²) in [4.78, 5) is 37.1. The summed E-state index contributed by atoms with van der Waals surface area (Å²) < 4.78 is 10.3. The lowest BCUT2D eigenvalue weighted by Gasteiger charge is -2.08. The Morgan fingerprint density at radius 2 is 1.78 bits per heavy atom. The first-order valence-electron chi connectivity index (χ1n) is 10.2. The molecule has 2 aromatic carbocycles. The van der Waals surface area contributed by atoms with Crippen LogP contribution in [0.2, 0.25) is 0 Å². The minimum atomic E-state index is -0.370. The second-order valence-electron chi connectivity index (χ2n) is 6.86. The molecule has 0 aliphatic carbocycles. The molecular weight excluding hydrogens is 428 g/mol. The fraction of sp³-hybridized carbons (Fsp3) is 0.208. The summed E-state index contributed by atoms with van der Waals surface area (Å²) in [5.41, 5.74) is 1.65. The first-order chi connectivity index (χ1) is 15.5. The molecule has 0 spiro atoms. The van der Waals surface area contributed by atoms with Crippen molar-refractivity contribution in [3.8, 4) is 0 Å². The van der Waals surface area contributed by atoms with Crippen molar-refractivity contribution in [1.29, 1.82) is 0 Å². The molecule has 0 unspecified atom stereocenters. The lowest BCUT2D eigenvalue weighted by Crippen LogP contribution is -2.14. The Hall–Kier alpha value is -3.52. The highest BCUT2D eigenvalue weighted by molar-refractivity contribution is 8.00. The van der Waals surface area contributed by atoms with Crippen LogP contribution < -0.4 is 10.6 Å². The van der Waals surface area contributed by atoms with Gasteiger partial charge in [-0.1, -0.05) is 19.4 Å². The third-order valence-electron chi connectivity index (χ3n) is 4.34. The largest absolute Gasteiger partial charge is 0.462 e. The van der Waals surface area contributed by atoms with Crippen molar-refractivity contribution in [1.82, 2.24) is 0 Å². The topological polar surface area (TPSA) is 97.6 Å². The van der Waals surface area contributed by atoms with Gasteiger partial charge in [0, 0.05) is 16.3 Å². The second-order valence-corrected chi connectivity index (χ2v) is 7.91. The number of anilines is 2. The minimum absolute atomic E-state index is 0.182. The predicted octanol–water partition coefficient (Wildman–Crippen LogP) is 5.22. The van der Waals surface area contributed by atoms with E-state index in [9.17, 15) is 14.4 Å². The maximum Gasteiger partial charge on any atom is 0.338 e. The third-order valence-corrected chi connectivity index (χ3v) is 5.34. The maximum atomic E-state index is 12.3. The summed E-state index contributed by atoms with van der Waals surface area (Å²) in [5, 5.41) is 5.56. The highest BCUT2D eigenvalue weighted by atomic mass is 32.2. The Balaban J connectivity index is 1.47. The van der Waals surface area contributed by atoms with Crippen molar-refractivity contribution in [2.24, 2.45) is 0 Å². The van der Waals surface area contributed by atoms with E-state index in [0.717, 1.165) is 17.7 Å². The fourth-order valence-electron chi connectivity index (χ4n) is 2.69. The number of hydrogen-bond acceptors (Lipinski definition) is 6. The van der Waals surface area contributed by atoms with Gasteiger partial charge >= 0.3 is 5.97 Å². The van der Waals surface area contributed by atoms with Crippen molar-refractivity contribution in [3.05, 3.63) is 78.3 Å². The van der Waals surface area contributed by atoms with Crippen LogP contribution >= 0.6 is 11.8 Å². The number of ether oxygens (including phenoxy) is 1. The number of amides is 2. The van der Waals surface area contributed by atoms with E-state index in [2.05, 4.69) is 10.6 Å². The Morgan fingerprint density at radius 1 is 0.969 bits per heavy atom. The van der Waals surface area contributed by atoms with E-state index in [0.29, 0.717) is 23.5 Å². The molecule has 1 heterocycles. The Labute approximate surface area is 190 Å². The van der Waals surface area contributed by atoms with Crippen LogP contribution in [0.15, 0.2) is 76.2 Å². The van der Waals surface area contributed by atoms with E-state index in [1.54, 1.807) is 54.6 Å². The van der Waals surface area contributed by atoms with Gasteiger partial charge in [-0.25, -0.2) is 4.79 Å². The van der Waals surface area contributed by atoms with Crippen LogP contribution in [-0.2, 0) is 9.53 Å². The first kappa shape index (κ1) is 23.1. The molecule has 1 aromatic heterocycles. The highest BCUT2D eigenvalue weighted by Gasteiger charge is 2.10. The summed E-state index contributed by atoms with van der Waals surface area (Å²) >= 11 is 1.34. The molecule has 0 fully saturated rings. The second kappa shape index (κ2) is 11.8. The summed E-state index contributed by atoms with van der Waals surface area (Å²) in [5.74, 6) is -0.476. The Morgan fingerprint density at radius 3 is 2.50 bits per heavy atom. The molecule has 0 aliphatic heterocycles. The number of furan rings is 1. The van der Waals surface area contributed by atoms with Crippen molar-refractivity contribution >= 4 is 40.9 Å². The normalized spacial score (nSPS) is 10.4. The molecule has 166 valence electrons. The zero-order chi connectivity index (χ0) is 22.8. The quantitative estimate of drug-likeness (QED) is 0.249. The SMILES string of the molecule is CCCCOC(=O)c1ccc(NC(=O)CSc2cccc(NC(=O)c3ccco3)c2)cc1. The predicted molar refractivity (Wildman–Crippen MR) is 124 cm³/mol. The number of unbranched alkanes of at least 4 members (excludes halogenated alkanes) is 1. The number of esters is 1. The first-order valence-corrected chi connectivity index (χ1v) is 11.2. The molecule has 0 radical (unpaired) electrons. The summed E-state index contributed by atoms with van der Waals surface area (Å²) in [7, 11) is 0. The molecule has 32 heavy (non-hydrogen) atoms. The molecule has 0 saturated carbocycles. The number of carbonyl (C=O) groups is 3. The maximum absolute atomic E-state index is 12.3. The van der Waals surface area contributed by atoms with Gasteiger partial charge in [-0.2, -0.15) is 0 Å². The van der Waals surface area contributed by atoms with E-state index in [4.69, 9.17) is 9.15 Å². The van der Waals surface area contributed by atoms with Crippen molar-refractivity contribution in [2.75, 3.05) is 23.0 Å². The van der Waals surface area contributed by atoms with Gasteiger partial charge in [0.25, 0.3) is 5.91 Å². The summed E-state index contributed by atoms with van der Waals surface area (Å²) in [6.07, 6.45) is 3.23. The molecule has 0 bridgehead atoms. The Bertz CT molecular complexity index is 1050. The van der Waals surface area contributed by atoms with Crippen LogP contribution in [0.25, 0.3) is 0 Å². The van der Waals surface area contributed by atoms with E-state index in [-0.39, 0.29) is 29.3 Å². The molecule has 0 aliphatic rings. The number of carbonyl (C=O) groups excluding carboxylic acids is 3. The molecule has 0 atom stereocenters. The lowest BCUT2D eigenvalue weighted by molar-refractivity contribution is -0.113. The lowest BCUT2D eigenvalue weighted by atomic mass is 10.2. The van der Waals surface area contributed by atoms with Crippen molar-refractivity contribution < 1.29 is 23.5 Å². The van der Waals surface area contributed by atoms with Gasteiger partial charge in [-0.15, -0.1) is 11.8 Å². The number of benzene rings is 2. The van der Waals surface area contributed by atoms with Crippen LogP contribution in [0.3, 0.4) is 0 Å². The number of rotatable bonds is 10. The van der Waals surface area contributed by atoms with E-state index in [1.165, 1.54) is 18.0 Å². The van der Waals surface area contributed by atoms with Crippen LogP contribution in [-0.4, -0.2) is 30.1 Å². The van der Waals surface area contributed by atoms with Gasteiger partial charge in [0.15, 0.2) is 5.76 Å². The number of thioether (sulfide) groups is 1. The van der Waals surface area contributed by atoms with Crippen LogP contribution in [0.5, 0.6) is 0 Å². The average molecular weight is 453 g/mol. The van der Waals surface area contributed by atoms with Gasteiger partial charge in [0.1, 0.15) is 0 Å². The minimum Gasteiger partial charge on any atom is -0.462 e. The molecule has 8 heteroatoms. The molecular formula is C24H24N2O5S. The number of nitrogens with one attached hydrogen (secondary N) is 2. The Kier molecular flexibility index (Phi) is 8.51. The van der Waals surface area contributed by atoms with Gasteiger partial charge in [0.2, 0.25) is 5.91 Å². The standard InChI is InChI=1S/C24H24N2O5S/c1-2-3-13-31-24(29)17-9-11-18(12-10-17)25-22(27)16-32-20-7-4-6-19(15-20)26-23(28)21-8-5-14-30-21/h4-12,14-15H,2-3,13,16H2,1H3,(H,25,27)(H,26,28). The number of hydrogen-bond donors (Lipinski definition) is 2. The molecule has 3 rings (SSSR count). The van der Waals surface area contributed by atoms with Gasteiger partial charge in [-0.3, -0.25) is 9.59 Å². The molecule has 0 saturated heterocycles. The zero-order valence-corrected chi connectivity index (χ0v) is 18.4. The monoisotopic (exact) mass is 452 g/mol. The van der Waals surface area contributed by atoms with Gasteiger partial charge < -0.3 is 19.8 Å². The van der Waals surface area contributed by atoms with E-state index in [1.807, 2.05) is 13.0 Å².